The van der Waals surface area contributed by atoms with Gasteiger partial charge in [0.05, 0.1) is 6.10 Å². The minimum Gasteiger partial charge on any atom is -0.388 e. The molecule has 1 unspecified atom stereocenters. The highest BCUT2D eigenvalue weighted by atomic mass is 79.9. The molecule has 0 aliphatic rings. The molecule has 0 amide bonds. The number of aliphatic hydroxyl groups excluding tert-OH is 1. The first-order chi connectivity index (χ1) is 8.99. The molecule has 1 nitrogen and oxygen atoms in total. The molecule has 0 aliphatic heterocycles. The zero-order chi connectivity index (χ0) is 14.0. The zero-order valence-corrected chi connectivity index (χ0v) is 11.9. The molecule has 2 aromatic carbocycles. The first kappa shape index (κ1) is 14.2. The molecule has 100 valence electrons. The van der Waals surface area contributed by atoms with Crippen molar-refractivity contribution >= 4 is 15.9 Å². The molecule has 1 N–H and O–H groups in total. The monoisotopic (exact) mass is 326 g/mol. The van der Waals surface area contributed by atoms with E-state index in [-0.39, 0.29) is 12.0 Å². The van der Waals surface area contributed by atoms with E-state index in [0.29, 0.717) is 5.56 Å². The highest BCUT2D eigenvalue weighted by Gasteiger charge is 2.15. The average Bonchev–Trinajstić information content (AvgIpc) is 2.37. The number of rotatable bonds is 3. The summed E-state index contributed by atoms with van der Waals surface area (Å²) < 4.78 is 28.0. The normalized spacial score (nSPS) is 12.5. The van der Waals surface area contributed by atoms with E-state index in [4.69, 9.17) is 0 Å². The fourth-order valence-corrected chi connectivity index (χ4v) is 2.16. The van der Waals surface area contributed by atoms with Crippen LogP contribution in [-0.4, -0.2) is 5.11 Å². The molecule has 0 radical (unpaired) electrons. The first-order valence-corrected chi connectivity index (χ1v) is 6.65. The summed E-state index contributed by atoms with van der Waals surface area (Å²) in [6.07, 6.45) is -1.02. The highest BCUT2D eigenvalue weighted by Crippen LogP contribution is 2.25. The minimum absolute atomic E-state index is 0.0838. The number of aryl methyl sites for hydroxylation is 1. The number of hydrogen-bond acceptors (Lipinski definition) is 1. The van der Waals surface area contributed by atoms with E-state index in [1.807, 2.05) is 13.0 Å². The van der Waals surface area contributed by atoms with Crippen molar-refractivity contribution < 1.29 is 13.9 Å². The summed E-state index contributed by atoms with van der Waals surface area (Å²) in [5, 5.41) is 10.1. The van der Waals surface area contributed by atoms with Crippen LogP contribution in [0.1, 0.15) is 22.8 Å². The van der Waals surface area contributed by atoms with Crippen molar-refractivity contribution in [1.82, 2.24) is 0 Å². The minimum atomic E-state index is -0.932. The Morgan fingerprint density at radius 1 is 1.16 bits per heavy atom. The van der Waals surface area contributed by atoms with Crippen LogP contribution >= 0.6 is 15.9 Å². The third-order valence-electron chi connectivity index (χ3n) is 3.03. The summed E-state index contributed by atoms with van der Waals surface area (Å²) in [5.74, 6) is -1.26. The lowest BCUT2D eigenvalue weighted by molar-refractivity contribution is 0.175. The van der Waals surface area contributed by atoms with Gasteiger partial charge in [-0.2, -0.15) is 0 Å². The number of benzene rings is 2. The van der Waals surface area contributed by atoms with Crippen molar-refractivity contribution in [3.8, 4) is 0 Å². The van der Waals surface area contributed by atoms with Crippen LogP contribution < -0.4 is 0 Å². The third-order valence-corrected chi connectivity index (χ3v) is 3.92. The molecule has 0 aromatic heterocycles. The summed E-state index contributed by atoms with van der Waals surface area (Å²) in [6, 6.07) is 9.04. The molecule has 0 saturated heterocycles. The van der Waals surface area contributed by atoms with Gasteiger partial charge in [0.2, 0.25) is 0 Å². The second-order valence-electron chi connectivity index (χ2n) is 4.43. The molecule has 0 bridgehead atoms. The summed E-state index contributed by atoms with van der Waals surface area (Å²) in [7, 11) is 0. The number of halogens is 3. The van der Waals surface area contributed by atoms with Gasteiger partial charge >= 0.3 is 0 Å². The molecule has 0 saturated carbocycles. The van der Waals surface area contributed by atoms with Crippen LogP contribution in [0.5, 0.6) is 0 Å². The quantitative estimate of drug-likeness (QED) is 0.891. The second kappa shape index (κ2) is 5.80. The largest absolute Gasteiger partial charge is 0.388 e. The zero-order valence-electron chi connectivity index (χ0n) is 10.3. The van der Waals surface area contributed by atoms with Crippen LogP contribution in [0.4, 0.5) is 8.78 Å². The fraction of sp³-hybridized carbons (Fsp3) is 0.200. The Hall–Kier alpha value is -1.26. The third kappa shape index (κ3) is 3.19. The van der Waals surface area contributed by atoms with Crippen molar-refractivity contribution in [2.75, 3.05) is 0 Å². The van der Waals surface area contributed by atoms with Gasteiger partial charge in [0.15, 0.2) is 0 Å². The molecule has 4 heteroatoms. The van der Waals surface area contributed by atoms with Crippen LogP contribution in [-0.2, 0) is 6.42 Å². The molecular weight excluding hydrogens is 314 g/mol. The summed E-state index contributed by atoms with van der Waals surface area (Å²) in [5.41, 5.74) is 1.52. The van der Waals surface area contributed by atoms with Crippen LogP contribution in [0.25, 0.3) is 0 Å². The maximum absolute atomic E-state index is 13.5. The van der Waals surface area contributed by atoms with E-state index in [0.717, 1.165) is 10.0 Å². The van der Waals surface area contributed by atoms with E-state index in [9.17, 15) is 13.9 Å². The summed E-state index contributed by atoms with van der Waals surface area (Å²) in [4.78, 5) is 0. The Morgan fingerprint density at radius 3 is 2.37 bits per heavy atom. The Balaban J connectivity index is 2.25. The number of hydrogen-bond donors (Lipinski definition) is 1. The molecule has 2 aromatic rings. The lowest BCUT2D eigenvalue weighted by Gasteiger charge is -2.13. The van der Waals surface area contributed by atoms with Crippen LogP contribution in [0.3, 0.4) is 0 Å². The average molecular weight is 327 g/mol. The van der Waals surface area contributed by atoms with Crippen molar-refractivity contribution in [2.24, 2.45) is 0 Å². The van der Waals surface area contributed by atoms with Crippen LogP contribution in [0, 0.1) is 18.6 Å². The maximum atomic E-state index is 13.5. The predicted molar refractivity (Wildman–Crippen MR) is 73.9 cm³/mol. The fourth-order valence-electron chi connectivity index (χ4n) is 1.91. The molecule has 19 heavy (non-hydrogen) atoms. The SMILES string of the molecule is Cc1cc(C(O)Cc2c(F)cccc2F)ccc1Br. The van der Waals surface area contributed by atoms with E-state index in [1.54, 1.807) is 12.1 Å². The van der Waals surface area contributed by atoms with Crippen LogP contribution in [0.2, 0.25) is 0 Å². The van der Waals surface area contributed by atoms with E-state index < -0.39 is 17.7 Å². The van der Waals surface area contributed by atoms with Crippen molar-refractivity contribution in [3.63, 3.8) is 0 Å². The molecule has 0 fully saturated rings. The number of aliphatic hydroxyl groups is 1. The first-order valence-electron chi connectivity index (χ1n) is 5.86. The molecule has 2 rings (SSSR count). The van der Waals surface area contributed by atoms with Gasteiger partial charge in [-0.05, 0) is 36.2 Å². The molecule has 0 spiro atoms. The Morgan fingerprint density at radius 2 is 1.79 bits per heavy atom. The maximum Gasteiger partial charge on any atom is 0.129 e. The molecular formula is C15H13BrF2O. The van der Waals surface area contributed by atoms with Gasteiger partial charge < -0.3 is 5.11 Å². The van der Waals surface area contributed by atoms with Gasteiger partial charge in [-0.1, -0.05) is 34.1 Å². The van der Waals surface area contributed by atoms with Crippen molar-refractivity contribution in [1.29, 1.82) is 0 Å². The topological polar surface area (TPSA) is 20.2 Å². The Bertz CT molecular complexity index is 578. The molecule has 0 heterocycles. The van der Waals surface area contributed by atoms with Gasteiger partial charge in [0, 0.05) is 16.5 Å². The highest BCUT2D eigenvalue weighted by molar-refractivity contribution is 9.10. The van der Waals surface area contributed by atoms with E-state index >= 15 is 0 Å². The van der Waals surface area contributed by atoms with Gasteiger partial charge in [-0.25, -0.2) is 8.78 Å². The van der Waals surface area contributed by atoms with Crippen molar-refractivity contribution in [2.45, 2.75) is 19.4 Å². The van der Waals surface area contributed by atoms with E-state index in [2.05, 4.69) is 15.9 Å². The van der Waals surface area contributed by atoms with Gasteiger partial charge in [-0.3, -0.25) is 0 Å². The predicted octanol–water partition coefficient (Wildman–Crippen LogP) is 4.31. The smallest absolute Gasteiger partial charge is 0.129 e. The Kier molecular flexibility index (Phi) is 4.32. The summed E-state index contributed by atoms with van der Waals surface area (Å²) in [6.45, 7) is 1.89. The van der Waals surface area contributed by atoms with E-state index in [1.165, 1.54) is 18.2 Å². The lowest BCUT2D eigenvalue weighted by atomic mass is 9.99. The van der Waals surface area contributed by atoms with Gasteiger partial charge in [0.1, 0.15) is 11.6 Å². The second-order valence-corrected chi connectivity index (χ2v) is 5.28. The molecule has 1 atom stereocenters. The van der Waals surface area contributed by atoms with Gasteiger partial charge in [0.25, 0.3) is 0 Å². The van der Waals surface area contributed by atoms with Gasteiger partial charge in [-0.15, -0.1) is 0 Å². The Labute approximate surface area is 119 Å². The standard InChI is InChI=1S/C15H13BrF2O/c1-9-7-10(5-6-12(9)16)15(19)8-11-13(17)3-2-4-14(11)18/h2-7,15,19H,8H2,1H3. The summed E-state index contributed by atoms with van der Waals surface area (Å²) >= 11 is 3.37. The van der Waals surface area contributed by atoms with Crippen LogP contribution in [0.15, 0.2) is 40.9 Å². The lowest BCUT2D eigenvalue weighted by Crippen LogP contribution is -2.06. The molecule has 0 aliphatic carbocycles. The van der Waals surface area contributed by atoms with Crippen molar-refractivity contribution in [3.05, 3.63) is 69.2 Å².